The maximum Gasteiger partial charge on any atom is 0.223 e. The van der Waals surface area contributed by atoms with E-state index in [2.05, 4.69) is 44.1 Å². The number of anilines is 1. The lowest BCUT2D eigenvalue weighted by atomic mass is 9.96. The fraction of sp³-hybridized carbons (Fsp3) is 0.560. The van der Waals surface area contributed by atoms with Gasteiger partial charge in [-0.3, -0.25) is 4.79 Å². The molecule has 0 radical (unpaired) electrons. The first-order valence-corrected chi connectivity index (χ1v) is 12.8. The second-order valence-electron chi connectivity index (χ2n) is 8.89. The molecule has 4 rings (SSSR count). The molecule has 2 aliphatic heterocycles. The standard InChI is InChI=1S/C25H35N5OS/c1-20-8-5-6-16-29(20)17-7-13-27-24(31)21-11-18-30(19-12-21)23-25(28-15-14-26-23)32-22-9-3-2-4-10-22/h2-4,9-10,14-15,20-21H,5-8,11-13,16-19H2,1H3,(H,27,31). The van der Waals surface area contributed by atoms with Crippen molar-refractivity contribution in [1.29, 1.82) is 0 Å². The third-order valence-electron chi connectivity index (χ3n) is 6.63. The smallest absolute Gasteiger partial charge is 0.223 e. The molecule has 2 aliphatic rings. The molecule has 0 bridgehead atoms. The minimum absolute atomic E-state index is 0.0991. The number of hydrogen-bond donors (Lipinski definition) is 1. The van der Waals surface area contributed by atoms with Crippen LogP contribution in [0.1, 0.15) is 45.4 Å². The van der Waals surface area contributed by atoms with E-state index in [1.807, 2.05) is 18.2 Å². The largest absolute Gasteiger partial charge is 0.356 e. The maximum atomic E-state index is 12.7. The van der Waals surface area contributed by atoms with Crippen LogP contribution in [0, 0.1) is 5.92 Å². The Hall–Kier alpha value is -2.12. The van der Waals surface area contributed by atoms with Crippen molar-refractivity contribution in [2.45, 2.75) is 61.4 Å². The van der Waals surface area contributed by atoms with E-state index in [4.69, 9.17) is 0 Å². The highest BCUT2D eigenvalue weighted by molar-refractivity contribution is 7.99. The van der Waals surface area contributed by atoms with Gasteiger partial charge in [-0.2, -0.15) is 0 Å². The topological polar surface area (TPSA) is 61.4 Å². The van der Waals surface area contributed by atoms with Crippen LogP contribution in [0.3, 0.4) is 0 Å². The summed E-state index contributed by atoms with van der Waals surface area (Å²) in [7, 11) is 0. The van der Waals surface area contributed by atoms with Crippen molar-refractivity contribution in [3.63, 3.8) is 0 Å². The molecule has 0 saturated carbocycles. The summed E-state index contributed by atoms with van der Waals surface area (Å²) in [6.45, 7) is 7.08. The van der Waals surface area contributed by atoms with Gasteiger partial charge in [0.25, 0.3) is 0 Å². The number of hydrogen-bond acceptors (Lipinski definition) is 6. The van der Waals surface area contributed by atoms with E-state index in [0.717, 1.165) is 61.2 Å². The Bertz CT molecular complexity index is 856. The molecule has 172 valence electrons. The average Bonchev–Trinajstić information content (AvgIpc) is 2.84. The highest BCUT2D eigenvalue weighted by Crippen LogP contribution is 2.33. The second-order valence-corrected chi connectivity index (χ2v) is 9.95. The summed E-state index contributed by atoms with van der Waals surface area (Å²) in [4.78, 5) is 27.9. The molecule has 0 aliphatic carbocycles. The number of nitrogens with zero attached hydrogens (tertiary/aromatic N) is 4. The number of likely N-dealkylation sites (tertiary alicyclic amines) is 1. The van der Waals surface area contributed by atoms with Crippen molar-refractivity contribution in [2.24, 2.45) is 5.92 Å². The summed E-state index contributed by atoms with van der Waals surface area (Å²) in [5.74, 6) is 1.24. The number of piperidine rings is 2. The van der Waals surface area contributed by atoms with Crippen molar-refractivity contribution < 1.29 is 4.79 Å². The number of carbonyl (C=O) groups excluding carboxylic acids is 1. The Labute approximate surface area is 196 Å². The molecule has 2 aromatic rings. The van der Waals surface area contributed by atoms with E-state index in [0.29, 0.717) is 6.04 Å². The van der Waals surface area contributed by atoms with Crippen LogP contribution in [0.25, 0.3) is 0 Å². The number of nitrogens with one attached hydrogen (secondary N) is 1. The van der Waals surface area contributed by atoms with Crippen LogP contribution < -0.4 is 10.2 Å². The van der Waals surface area contributed by atoms with Gasteiger partial charge in [0.15, 0.2) is 5.82 Å². The first kappa shape index (κ1) is 23.1. The van der Waals surface area contributed by atoms with Crippen molar-refractivity contribution in [3.05, 3.63) is 42.7 Å². The van der Waals surface area contributed by atoms with Crippen molar-refractivity contribution in [3.8, 4) is 0 Å². The molecule has 1 unspecified atom stereocenters. The van der Waals surface area contributed by atoms with Crippen LogP contribution >= 0.6 is 11.8 Å². The summed E-state index contributed by atoms with van der Waals surface area (Å²) in [5, 5.41) is 4.11. The van der Waals surface area contributed by atoms with Crippen molar-refractivity contribution in [1.82, 2.24) is 20.2 Å². The van der Waals surface area contributed by atoms with Crippen LogP contribution in [0.4, 0.5) is 5.82 Å². The third kappa shape index (κ3) is 6.23. The molecule has 1 aromatic heterocycles. The summed E-state index contributed by atoms with van der Waals surface area (Å²) < 4.78 is 0. The van der Waals surface area contributed by atoms with Gasteiger partial charge < -0.3 is 15.1 Å². The SMILES string of the molecule is CC1CCCCN1CCCNC(=O)C1CCN(c2nccnc2Sc2ccccc2)CC1. The number of carbonyl (C=O) groups is 1. The zero-order valence-electron chi connectivity index (χ0n) is 19.1. The van der Waals surface area contributed by atoms with Gasteiger partial charge in [-0.05, 0) is 57.7 Å². The van der Waals surface area contributed by atoms with Gasteiger partial charge in [0.2, 0.25) is 5.91 Å². The molecule has 1 N–H and O–H groups in total. The van der Waals surface area contributed by atoms with E-state index >= 15 is 0 Å². The fourth-order valence-electron chi connectivity index (χ4n) is 4.69. The summed E-state index contributed by atoms with van der Waals surface area (Å²) >= 11 is 1.64. The predicted molar refractivity (Wildman–Crippen MR) is 130 cm³/mol. The summed E-state index contributed by atoms with van der Waals surface area (Å²) in [5.41, 5.74) is 0. The minimum atomic E-state index is 0.0991. The number of rotatable bonds is 8. The second kappa shape index (κ2) is 11.7. The monoisotopic (exact) mass is 453 g/mol. The molecule has 2 saturated heterocycles. The Morgan fingerprint density at radius 3 is 2.62 bits per heavy atom. The summed E-state index contributed by atoms with van der Waals surface area (Å²) in [6, 6.07) is 11.0. The number of amides is 1. The molecule has 32 heavy (non-hydrogen) atoms. The highest BCUT2D eigenvalue weighted by atomic mass is 32.2. The van der Waals surface area contributed by atoms with Gasteiger partial charge in [0, 0.05) is 55.4 Å². The zero-order valence-corrected chi connectivity index (χ0v) is 19.9. The first-order chi connectivity index (χ1) is 15.7. The zero-order chi connectivity index (χ0) is 22.2. The molecule has 6 nitrogen and oxygen atoms in total. The van der Waals surface area contributed by atoms with Crippen molar-refractivity contribution >= 4 is 23.5 Å². The third-order valence-corrected chi connectivity index (χ3v) is 7.62. The van der Waals surface area contributed by atoms with Crippen LogP contribution in [0.2, 0.25) is 0 Å². The van der Waals surface area contributed by atoms with Gasteiger partial charge in [-0.15, -0.1) is 0 Å². The molecule has 3 heterocycles. The normalized spacial score (nSPS) is 20.3. The Morgan fingerprint density at radius 2 is 1.84 bits per heavy atom. The quantitative estimate of drug-likeness (QED) is 0.604. The van der Waals surface area contributed by atoms with Gasteiger partial charge >= 0.3 is 0 Å². The molecule has 7 heteroatoms. The maximum absolute atomic E-state index is 12.7. The van der Waals surface area contributed by atoms with E-state index in [1.165, 1.54) is 25.8 Å². The predicted octanol–water partition coefficient (Wildman–Crippen LogP) is 4.22. The molecule has 1 atom stereocenters. The summed E-state index contributed by atoms with van der Waals surface area (Å²) in [6.07, 6.45) is 10.2. The minimum Gasteiger partial charge on any atom is -0.356 e. The Morgan fingerprint density at radius 1 is 1.06 bits per heavy atom. The lowest BCUT2D eigenvalue weighted by molar-refractivity contribution is -0.125. The van der Waals surface area contributed by atoms with Crippen LogP contribution in [0.15, 0.2) is 52.6 Å². The van der Waals surface area contributed by atoms with E-state index in [9.17, 15) is 4.79 Å². The van der Waals surface area contributed by atoms with Crippen LogP contribution in [-0.2, 0) is 4.79 Å². The van der Waals surface area contributed by atoms with Gasteiger partial charge in [0.1, 0.15) is 5.03 Å². The Kier molecular flexibility index (Phi) is 8.40. The van der Waals surface area contributed by atoms with E-state index in [1.54, 1.807) is 24.2 Å². The van der Waals surface area contributed by atoms with Gasteiger partial charge in [-0.1, -0.05) is 36.4 Å². The van der Waals surface area contributed by atoms with Crippen LogP contribution in [0.5, 0.6) is 0 Å². The molecule has 1 aromatic carbocycles. The fourth-order valence-corrected chi connectivity index (χ4v) is 5.59. The number of benzene rings is 1. The van der Waals surface area contributed by atoms with E-state index < -0.39 is 0 Å². The number of aromatic nitrogens is 2. The Balaban J connectivity index is 1.22. The van der Waals surface area contributed by atoms with E-state index in [-0.39, 0.29) is 11.8 Å². The molecule has 0 spiro atoms. The van der Waals surface area contributed by atoms with Crippen LogP contribution in [-0.4, -0.2) is 59.5 Å². The van der Waals surface area contributed by atoms with Gasteiger partial charge in [-0.25, -0.2) is 9.97 Å². The van der Waals surface area contributed by atoms with Gasteiger partial charge in [0.05, 0.1) is 0 Å². The van der Waals surface area contributed by atoms with Crippen molar-refractivity contribution in [2.75, 3.05) is 37.6 Å². The molecule has 1 amide bonds. The highest BCUT2D eigenvalue weighted by Gasteiger charge is 2.27. The molecular formula is C25H35N5OS. The molecule has 2 fully saturated rings. The lowest BCUT2D eigenvalue weighted by Crippen LogP contribution is -2.42. The first-order valence-electron chi connectivity index (χ1n) is 12.0. The molecular weight excluding hydrogens is 418 g/mol. The lowest BCUT2D eigenvalue weighted by Gasteiger charge is -2.34. The average molecular weight is 454 g/mol.